The Morgan fingerprint density at radius 1 is 1.18 bits per heavy atom. The van der Waals surface area contributed by atoms with Crippen molar-refractivity contribution < 1.29 is 22.4 Å². The van der Waals surface area contributed by atoms with Crippen molar-refractivity contribution in [3.05, 3.63) is 75.7 Å². The normalized spacial score (nSPS) is 19.9. The first-order valence-corrected chi connectivity index (χ1v) is 15.9. The number of benzene rings is 1. The van der Waals surface area contributed by atoms with E-state index in [4.69, 9.17) is 25.4 Å². The van der Waals surface area contributed by atoms with E-state index in [-0.39, 0.29) is 15.9 Å². The van der Waals surface area contributed by atoms with Crippen molar-refractivity contribution in [1.29, 1.82) is 0 Å². The van der Waals surface area contributed by atoms with Crippen LogP contribution in [0.5, 0.6) is 5.75 Å². The molecule has 7 nitrogen and oxygen atoms in total. The maximum atomic E-state index is 10.5. The van der Waals surface area contributed by atoms with Gasteiger partial charge >= 0.3 is 0 Å². The summed E-state index contributed by atoms with van der Waals surface area (Å²) in [5, 5.41) is 5.62. The quantitative estimate of drug-likeness (QED) is 0.193. The number of pyridine rings is 1. The lowest BCUT2D eigenvalue weighted by molar-refractivity contribution is -0.104. The molecule has 1 aliphatic heterocycles. The molecule has 2 aromatic heterocycles. The predicted molar refractivity (Wildman–Crippen MR) is 158 cm³/mol. The van der Waals surface area contributed by atoms with E-state index in [1.807, 2.05) is 24.6 Å². The van der Waals surface area contributed by atoms with Gasteiger partial charge < -0.3 is 14.8 Å². The van der Waals surface area contributed by atoms with Crippen molar-refractivity contribution in [2.45, 2.75) is 74.3 Å². The third-order valence-corrected chi connectivity index (χ3v) is 9.77. The highest BCUT2D eigenvalue weighted by Crippen LogP contribution is 2.49. The zero-order valence-corrected chi connectivity index (χ0v) is 24.8. The Kier molecular flexibility index (Phi) is 10.0. The summed E-state index contributed by atoms with van der Waals surface area (Å²) in [5.74, 6) is 3.53. The van der Waals surface area contributed by atoms with E-state index < -0.39 is 10.1 Å². The summed E-state index contributed by atoms with van der Waals surface area (Å²) in [7, 11) is -2.33. The molecule has 1 saturated heterocycles. The van der Waals surface area contributed by atoms with E-state index in [1.54, 1.807) is 30.6 Å². The van der Waals surface area contributed by atoms with Crippen molar-refractivity contribution in [3.63, 3.8) is 0 Å². The molecule has 0 bridgehead atoms. The van der Waals surface area contributed by atoms with Crippen molar-refractivity contribution in [2.24, 2.45) is 0 Å². The van der Waals surface area contributed by atoms with Gasteiger partial charge in [-0.3, -0.25) is 9.54 Å². The number of methoxy groups -OCH3 is 1. The number of thiophene rings is 1. The first-order valence-electron chi connectivity index (χ1n) is 13.6. The van der Waals surface area contributed by atoms with Gasteiger partial charge in [0.15, 0.2) is 0 Å². The molecule has 1 aromatic carbocycles. The summed E-state index contributed by atoms with van der Waals surface area (Å²) < 4.78 is 41.4. The number of aromatic nitrogens is 1. The molecule has 3 heterocycles. The van der Waals surface area contributed by atoms with Crippen LogP contribution in [0.4, 0.5) is 0 Å². The first-order chi connectivity index (χ1) is 19.2. The van der Waals surface area contributed by atoms with Crippen LogP contribution in [0.15, 0.2) is 58.9 Å². The van der Waals surface area contributed by atoms with E-state index in [0.29, 0.717) is 0 Å². The molecule has 1 spiro atoms. The average molecular weight is 583 g/mol. The maximum Gasteiger partial charge on any atom is 0.294 e. The molecule has 1 aliphatic carbocycles. The molecular formula is C31H38N2O5S2. The number of ether oxygens (including phenoxy) is 2. The Morgan fingerprint density at radius 2 is 1.93 bits per heavy atom. The minimum absolute atomic E-state index is 0.0639. The van der Waals surface area contributed by atoms with E-state index in [1.165, 1.54) is 43.5 Å². The summed E-state index contributed by atoms with van der Waals surface area (Å²) in [6.45, 7) is 4.38. The third-order valence-electron chi connectivity index (χ3n) is 7.93. The lowest BCUT2D eigenvalue weighted by atomic mass is 9.68. The monoisotopic (exact) mass is 582 g/mol. The Bertz CT molecular complexity index is 1390. The van der Waals surface area contributed by atoms with Crippen molar-refractivity contribution in [2.75, 3.05) is 20.3 Å². The molecule has 0 unspecified atom stereocenters. The second-order valence-electron chi connectivity index (χ2n) is 10.6. The Morgan fingerprint density at radius 3 is 2.55 bits per heavy atom. The molecule has 214 valence electrons. The number of aryl methyl sites for hydroxylation is 1. The largest absolute Gasteiger partial charge is 0.494 e. The van der Waals surface area contributed by atoms with E-state index in [0.717, 1.165) is 60.7 Å². The highest BCUT2D eigenvalue weighted by Gasteiger charge is 2.48. The number of rotatable bonds is 8. The molecule has 5 rings (SSSR count). The van der Waals surface area contributed by atoms with Gasteiger partial charge in [0.2, 0.25) is 0 Å². The van der Waals surface area contributed by atoms with Crippen LogP contribution in [0.1, 0.15) is 66.6 Å². The topological polar surface area (TPSA) is 97.8 Å². The summed E-state index contributed by atoms with van der Waals surface area (Å²) >= 11 is 1.66. The molecule has 2 aliphatic rings. The number of nitrogens with zero attached hydrogens (tertiary/aromatic N) is 1. The SMILES string of the molecule is C#Cc1csc(CNCC[C@@]2(c3ccccn3)CCOC3(CCCC3)C2)c1OC.Cc1ccc(S(=O)(=O)O)cc1. The van der Waals surface area contributed by atoms with Crippen LogP contribution in [-0.2, 0) is 26.8 Å². The summed E-state index contributed by atoms with van der Waals surface area (Å²) in [4.78, 5) is 5.88. The fraction of sp³-hybridized carbons (Fsp3) is 0.452. The Hall–Kier alpha value is -2.74. The molecule has 0 amide bonds. The lowest BCUT2D eigenvalue weighted by Crippen LogP contribution is -2.47. The zero-order chi connectivity index (χ0) is 28.6. The van der Waals surface area contributed by atoms with Crippen LogP contribution < -0.4 is 10.1 Å². The maximum absolute atomic E-state index is 10.5. The molecule has 2 N–H and O–H groups in total. The van der Waals surface area contributed by atoms with Gasteiger partial charge in [0.05, 0.1) is 28.0 Å². The van der Waals surface area contributed by atoms with Gasteiger partial charge in [-0.1, -0.05) is 42.5 Å². The van der Waals surface area contributed by atoms with Crippen molar-refractivity contribution in [1.82, 2.24) is 10.3 Å². The average Bonchev–Trinajstić information content (AvgIpc) is 3.58. The number of nitrogens with one attached hydrogen (secondary N) is 1. The van der Waals surface area contributed by atoms with Crippen molar-refractivity contribution in [3.8, 4) is 18.1 Å². The molecule has 1 atom stereocenters. The van der Waals surface area contributed by atoms with Gasteiger partial charge in [-0.2, -0.15) is 8.42 Å². The molecular weight excluding hydrogens is 544 g/mol. The summed E-state index contributed by atoms with van der Waals surface area (Å²) in [6.07, 6.45) is 15.6. The van der Waals surface area contributed by atoms with Gasteiger partial charge in [0, 0.05) is 35.8 Å². The standard InChI is InChI=1S/C24H30N2O2S.C7H8O3S/c1-3-19-17-29-20(22(19)27-2)16-25-14-11-23(21-8-4-7-13-26-21)12-15-28-24(18-23)9-5-6-10-24;1-6-2-4-7(5-3-6)11(8,9)10/h1,4,7-8,13,17,25H,5-6,9-12,14-16,18H2,2H3;2-5H,1H3,(H,8,9,10)/t23-;/m1./s1. The molecule has 40 heavy (non-hydrogen) atoms. The summed E-state index contributed by atoms with van der Waals surface area (Å²) in [5.41, 5.74) is 3.17. The molecule has 0 radical (unpaired) electrons. The fourth-order valence-corrected chi connectivity index (χ4v) is 7.27. The van der Waals surface area contributed by atoms with Crippen LogP contribution in [0.2, 0.25) is 0 Å². The van der Waals surface area contributed by atoms with Gasteiger partial charge in [0.1, 0.15) is 5.75 Å². The lowest BCUT2D eigenvalue weighted by Gasteiger charge is -2.46. The van der Waals surface area contributed by atoms with Gasteiger partial charge in [0.25, 0.3) is 10.1 Å². The van der Waals surface area contributed by atoms with Crippen molar-refractivity contribution >= 4 is 21.5 Å². The van der Waals surface area contributed by atoms with Crippen LogP contribution >= 0.6 is 11.3 Å². The minimum atomic E-state index is -4.02. The van der Waals surface area contributed by atoms with Gasteiger partial charge in [-0.25, -0.2) is 0 Å². The highest BCUT2D eigenvalue weighted by molar-refractivity contribution is 7.85. The van der Waals surface area contributed by atoms with Crippen LogP contribution in [0, 0.1) is 19.3 Å². The molecule has 3 aromatic rings. The second-order valence-corrected chi connectivity index (χ2v) is 13.0. The second kappa shape index (κ2) is 13.3. The molecule has 1 saturated carbocycles. The van der Waals surface area contributed by atoms with E-state index in [2.05, 4.69) is 23.4 Å². The van der Waals surface area contributed by atoms with Crippen LogP contribution in [0.3, 0.4) is 0 Å². The number of hydrogen-bond acceptors (Lipinski definition) is 7. The van der Waals surface area contributed by atoms with E-state index in [9.17, 15) is 8.42 Å². The number of hydrogen-bond donors (Lipinski definition) is 2. The van der Waals surface area contributed by atoms with Gasteiger partial charge in [-0.15, -0.1) is 17.8 Å². The molecule has 2 fully saturated rings. The van der Waals surface area contributed by atoms with Crippen LogP contribution in [-0.4, -0.2) is 43.8 Å². The smallest absolute Gasteiger partial charge is 0.294 e. The minimum Gasteiger partial charge on any atom is -0.494 e. The third kappa shape index (κ3) is 7.31. The first kappa shape index (κ1) is 30.2. The summed E-state index contributed by atoms with van der Waals surface area (Å²) in [6, 6.07) is 12.3. The highest BCUT2D eigenvalue weighted by atomic mass is 32.2. The number of terminal acetylenes is 1. The van der Waals surface area contributed by atoms with E-state index >= 15 is 0 Å². The predicted octanol–water partition coefficient (Wildman–Crippen LogP) is 5.92. The Labute approximate surface area is 242 Å². The van der Waals surface area contributed by atoms with Gasteiger partial charge in [-0.05, 0) is 69.8 Å². The van der Waals surface area contributed by atoms with Crippen LogP contribution in [0.25, 0.3) is 0 Å². The molecule has 9 heteroatoms. The zero-order valence-electron chi connectivity index (χ0n) is 23.2. The Balaban J connectivity index is 0.000000283. The fourth-order valence-electron chi connectivity index (χ4n) is 5.87.